The van der Waals surface area contributed by atoms with E-state index in [2.05, 4.69) is 27.9 Å². The third-order valence-electron chi connectivity index (χ3n) is 4.76. The van der Waals surface area contributed by atoms with Crippen molar-refractivity contribution >= 4 is 36.0 Å². The predicted octanol–water partition coefficient (Wildman–Crippen LogP) is 3.65. The molecule has 26 heavy (non-hydrogen) atoms. The molecule has 0 aromatic heterocycles. The molecule has 2 aliphatic rings. The van der Waals surface area contributed by atoms with Crippen LogP contribution < -0.4 is 16.0 Å². The van der Waals surface area contributed by atoms with E-state index in [1.165, 1.54) is 25.7 Å². The van der Waals surface area contributed by atoms with Gasteiger partial charge in [0.15, 0.2) is 5.96 Å². The van der Waals surface area contributed by atoms with Gasteiger partial charge in [-0.05, 0) is 78.6 Å². The summed E-state index contributed by atoms with van der Waals surface area (Å²) < 4.78 is 5.33. The van der Waals surface area contributed by atoms with Gasteiger partial charge in [0.05, 0.1) is 12.1 Å². The highest BCUT2D eigenvalue weighted by molar-refractivity contribution is 14.0. The molecule has 2 saturated carbocycles. The van der Waals surface area contributed by atoms with Crippen molar-refractivity contribution in [3.05, 3.63) is 0 Å². The van der Waals surface area contributed by atoms with E-state index < -0.39 is 17.2 Å². The minimum Gasteiger partial charge on any atom is -0.444 e. The van der Waals surface area contributed by atoms with Crippen LogP contribution in [-0.4, -0.2) is 42.8 Å². The van der Waals surface area contributed by atoms with Crippen molar-refractivity contribution in [2.75, 3.05) is 19.6 Å². The summed E-state index contributed by atoms with van der Waals surface area (Å²) in [4.78, 5) is 16.6. The van der Waals surface area contributed by atoms with Gasteiger partial charge in [0, 0.05) is 13.1 Å². The Bertz CT molecular complexity index is 506. The Morgan fingerprint density at radius 2 is 1.77 bits per heavy atom. The molecular formula is C19H37IN4O2. The van der Waals surface area contributed by atoms with Crippen LogP contribution in [0.25, 0.3) is 0 Å². The van der Waals surface area contributed by atoms with Gasteiger partial charge in [-0.2, -0.15) is 0 Å². The maximum atomic E-state index is 12.0. The zero-order valence-electron chi connectivity index (χ0n) is 17.2. The van der Waals surface area contributed by atoms with Gasteiger partial charge in [-0.15, -0.1) is 24.0 Å². The maximum absolute atomic E-state index is 12.0. The molecule has 0 aliphatic heterocycles. The zero-order valence-corrected chi connectivity index (χ0v) is 19.5. The van der Waals surface area contributed by atoms with E-state index in [0.29, 0.717) is 12.0 Å². The summed E-state index contributed by atoms with van der Waals surface area (Å²) in [6.07, 6.45) is 5.06. The molecule has 0 atom stereocenters. The van der Waals surface area contributed by atoms with Crippen molar-refractivity contribution in [1.29, 1.82) is 0 Å². The average molecular weight is 480 g/mol. The second kappa shape index (κ2) is 8.97. The molecule has 0 spiro atoms. The molecular weight excluding hydrogens is 443 g/mol. The summed E-state index contributed by atoms with van der Waals surface area (Å²) in [6, 6.07) is 0. The highest BCUT2D eigenvalue weighted by Crippen LogP contribution is 2.60. The molecule has 2 fully saturated rings. The minimum atomic E-state index is -0.499. The van der Waals surface area contributed by atoms with Crippen LogP contribution in [0.5, 0.6) is 0 Å². The first kappa shape index (κ1) is 23.3. The Balaban J connectivity index is 0.00000338. The quantitative estimate of drug-likeness (QED) is 0.296. The lowest BCUT2D eigenvalue weighted by Crippen LogP contribution is -2.49. The van der Waals surface area contributed by atoms with Crippen molar-refractivity contribution in [2.24, 2.45) is 16.3 Å². The van der Waals surface area contributed by atoms with Crippen LogP contribution in [-0.2, 0) is 4.74 Å². The summed E-state index contributed by atoms with van der Waals surface area (Å²) in [5, 5.41) is 9.70. The molecule has 2 aliphatic carbocycles. The topological polar surface area (TPSA) is 74.8 Å². The normalized spacial score (nSPS) is 19.2. The van der Waals surface area contributed by atoms with Gasteiger partial charge in [-0.3, -0.25) is 4.99 Å². The van der Waals surface area contributed by atoms with Gasteiger partial charge >= 0.3 is 6.09 Å². The van der Waals surface area contributed by atoms with Crippen LogP contribution in [0.1, 0.15) is 67.2 Å². The second-order valence-corrected chi connectivity index (χ2v) is 9.20. The number of alkyl carbamates (subject to hydrolysis) is 1. The van der Waals surface area contributed by atoms with Gasteiger partial charge in [0.1, 0.15) is 5.60 Å². The van der Waals surface area contributed by atoms with Crippen LogP contribution in [0.2, 0.25) is 0 Å². The standard InChI is InChI=1S/C19H36N4O2.HI/c1-7-20-15(22-13-19(10-11-19)14-8-9-14)21-12-18(5,6)23-16(24)25-17(2,3)4;/h14H,7-13H2,1-6H3,(H,23,24)(H2,20,21,22);1H. The summed E-state index contributed by atoms with van der Waals surface area (Å²) in [7, 11) is 0. The lowest BCUT2D eigenvalue weighted by Gasteiger charge is -2.27. The lowest BCUT2D eigenvalue weighted by molar-refractivity contribution is 0.0476. The number of hydrogen-bond donors (Lipinski definition) is 3. The Morgan fingerprint density at radius 1 is 1.15 bits per heavy atom. The van der Waals surface area contributed by atoms with Crippen molar-refractivity contribution in [2.45, 2.75) is 78.4 Å². The summed E-state index contributed by atoms with van der Waals surface area (Å²) in [5.74, 6) is 1.75. The molecule has 152 valence electrons. The Morgan fingerprint density at radius 3 is 2.23 bits per heavy atom. The third kappa shape index (κ3) is 7.88. The molecule has 6 nitrogen and oxygen atoms in total. The highest BCUT2D eigenvalue weighted by Gasteiger charge is 2.53. The molecule has 0 bridgehead atoms. The molecule has 2 rings (SSSR count). The minimum absolute atomic E-state index is 0. The second-order valence-electron chi connectivity index (χ2n) is 9.20. The van der Waals surface area contributed by atoms with E-state index in [4.69, 9.17) is 4.74 Å². The number of nitrogens with one attached hydrogen (secondary N) is 3. The van der Waals surface area contributed by atoms with Crippen molar-refractivity contribution < 1.29 is 9.53 Å². The largest absolute Gasteiger partial charge is 0.444 e. The smallest absolute Gasteiger partial charge is 0.408 e. The molecule has 0 saturated heterocycles. The van der Waals surface area contributed by atoms with E-state index in [1.54, 1.807) is 0 Å². The van der Waals surface area contributed by atoms with Crippen LogP contribution in [0.15, 0.2) is 4.99 Å². The SMILES string of the molecule is CCNC(=NCC(C)(C)NC(=O)OC(C)(C)C)NCC1(C2CC2)CC1.I. The molecule has 0 aromatic carbocycles. The molecule has 3 N–H and O–H groups in total. The van der Waals surface area contributed by atoms with E-state index in [-0.39, 0.29) is 24.0 Å². The van der Waals surface area contributed by atoms with E-state index >= 15 is 0 Å². The van der Waals surface area contributed by atoms with E-state index in [0.717, 1.165) is 25.0 Å². The van der Waals surface area contributed by atoms with Gasteiger partial charge in [-0.1, -0.05) is 0 Å². The van der Waals surface area contributed by atoms with Crippen LogP contribution >= 0.6 is 24.0 Å². The van der Waals surface area contributed by atoms with Crippen LogP contribution in [0.3, 0.4) is 0 Å². The Kier molecular flexibility index (Phi) is 8.04. The summed E-state index contributed by atoms with van der Waals surface area (Å²) in [5.41, 5.74) is -0.444. The van der Waals surface area contributed by atoms with Crippen LogP contribution in [0.4, 0.5) is 4.79 Å². The zero-order chi connectivity index (χ0) is 18.7. The monoisotopic (exact) mass is 480 g/mol. The van der Waals surface area contributed by atoms with Gasteiger partial charge < -0.3 is 20.7 Å². The van der Waals surface area contributed by atoms with Crippen molar-refractivity contribution in [1.82, 2.24) is 16.0 Å². The maximum Gasteiger partial charge on any atom is 0.408 e. The van der Waals surface area contributed by atoms with Gasteiger partial charge in [-0.25, -0.2) is 4.79 Å². The van der Waals surface area contributed by atoms with Crippen molar-refractivity contribution in [3.8, 4) is 0 Å². The third-order valence-corrected chi connectivity index (χ3v) is 4.76. The summed E-state index contributed by atoms with van der Waals surface area (Å²) in [6.45, 7) is 13.9. The number of rotatable bonds is 7. The number of carbonyl (C=O) groups excluding carboxylic acids is 1. The first-order chi connectivity index (χ1) is 11.6. The first-order valence-corrected chi connectivity index (χ1v) is 9.59. The Hall–Kier alpha value is -0.730. The molecule has 7 heteroatoms. The summed E-state index contributed by atoms with van der Waals surface area (Å²) >= 11 is 0. The molecule has 0 heterocycles. The molecule has 1 amide bonds. The fourth-order valence-corrected chi connectivity index (χ4v) is 3.08. The van der Waals surface area contributed by atoms with E-state index in [9.17, 15) is 4.79 Å². The Labute approximate surface area is 175 Å². The number of nitrogens with zero attached hydrogens (tertiary/aromatic N) is 1. The van der Waals surface area contributed by atoms with Crippen LogP contribution in [0, 0.1) is 11.3 Å². The predicted molar refractivity (Wildman–Crippen MR) is 117 cm³/mol. The molecule has 0 unspecified atom stereocenters. The fraction of sp³-hybridized carbons (Fsp3) is 0.895. The number of guanidine groups is 1. The van der Waals surface area contributed by atoms with Gasteiger partial charge in [0.2, 0.25) is 0 Å². The highest BCUT2D eigenvalue weighted by atomic mass is 127. The first-order valence-electron chi connectivity index (χ1n) is 9.59. The average Bonchev–Trinajstić information content (AvgIpc) is 3.33. The number of aliphatic imine (C=N–C) groups is 1. The number of halogens is 1. The number of ether oxygens (including phenoxy) is 1. The van der Waals surface area contributed by atoms with Crippen molar-refractivity contribution in [3.63, 3.8) is 0 Å². The number of carbonyl (C=O) groups is 1. The van der Waals surface area contributed by atoms with Gasteiger partial charge in [0.25, 0.3) is 0 Å². The van der Waals surface area contributed by atoms with E-state index in [1.807, 2.05) is 34.6 Å². The number of hydrogen-bond acceptors (Lipinski definition) is 3. The lowest BCUT2D eigenvalue weighted by atomic mass is 10.0. The molecule has 0 radical (unpaired) electrons. The fourth-order valence-electron chi connectivity index (χ4n) is 3.08. The molecule has 0 aromatic rings. The number of amides is 1.